The van der Waals surface area contributed by atoms with Crippen LogP contribution in [-0.2, 0) is 9.53 Å². The molecule has 0 aliphatic heterocycles. The number of ether oxygens (including phenoxy) is 1. The summed E-state index contributed by atoms with van der Waals surface area (Å²) in [6, 6.07) is 2.73. The molecule has 196 valence electrons. The zero-order valence-electron chi connectivity index (χ0n) is 21.2. The molecular formula is C26H36N4O6. The fourth-order valence-corrected chi connectivity index (χ4v) is 7.26. The van der Waals surface area contributed by atoms with Gasteiger partial charge in [0.05, 0.1) is 6.10 Å². The number of anilines is 1. The van der Waals surface area contributed by atoms with Crippen LogP contribution in [0.4, 0.5) is 10.6 Å². The number of nitrogen functional groups attached to an aromatic ring is 1. The van der Waals surface area contributed by atoms with Crippen molar-refractivity contribution in [3.63, 3.8) is 0 Å². The van der Waals surface area contributed by atoms with Crippen LogP contribution < -0.4 is 11.1 Å². The van der Waals surface area contributed by atoms with Gasteiger partial charge in [0.1, 0.15) is 18.0 Å². The van der Waals surface area contributed by atoms with Gasteiger partial charge in [0.2, 0.25) is 0 Å². The number of rotatable bonds is 3. The van der Waals surface area contributed by atoms with E-state index in [9.17, 15) is 24.6 Å². The lowest BCUT2D eigenvalue weighted by atomic mass is 9.44. The molecule has 3 aliphatic carbocycles. The number of amides is 2. The van der Waals surface area contributed by atoms with Crippen LogP contribution in [0.25, 0.3) is 0 Å². The Balaban J connectivity index is 1.73. The summed E-state index contributed by atoms with van der Waals surface area (Å²) >= 11 is 0. The Bertz CT molecular complexity index is 1080. The first kappa shape index (κ1) is 26.2. The van der Waals surface area contributed by atoms with E-state index in [2.05, 4.69) is 22.1 Å². The van der Waals surface area contributed by atoms with Crippen LogP contribution in [0.3, 0.4) is 0 Å². The highest BCUT2D eigenvalue weighted by molar-refractivity contribution is 6.01. The minimum Gasteiger partial charge on any atom is -0.445 e. The van der Waals surface area contributed by atoms with Crippen molar-refractivity contribution in [3.05, 3.63) is 30.5 Å². The molecule has 3 saturated carbocycles. The van der Waals surface area contributed by atoms with Gasteiger partial charge in [-0.25, -0.2) is 4.79 Å². The topological polar surface area (TPSA) is 165 Å². The number of Topliss-reactive ketones (excluding diaryl/α,β-unsaturated/α-hetero) is 1. The molecule has 10 nitrogen and oxygen atoms in total. The Kier molecular flexibility index (Phi) is 6.49. The Morgan fingerprint density at radius 1 is 1.22 bits per heavy atom. The molecule has 1 aromatic rings. The molecule has 1 aromatic heterocycles. The van der Waals surface area contributed by atoms with Crippen molar-refractivity contribution >= 4 is 23.6 Å². The van der Waals surface area contributed by atoms with Crippen LogP contribution in [0, 0.1) is 34.0 Å². The first-order valence-corrected chi connectivity index (χ1v) is 12.4. The first-order chi connectivity index (χ1) is 16.8. The summed E-state index contributed by atoms with van der Waals surface area (Å²) in [7, 11) is 0. The minimum absolute atomic E-state index is 0.0298. The third-order valence-corrected chi connectivity index (χ3v) is 9.71. The van der Waals surface area contributed by atoms with E-state index in [0.717, 1.165) is 6.42 Å². The number of hydrogen-bond donors (Lipinski definition) is 4. The number of nitrogens with two attached hydrogens (primary N) is 1. The van der Waals surface area contributed by atoms with Gasteiger partial charge >= 0.3 is 6.09 Å². The number of carbonyl (C=O) groups excluding carboxylic acids is 3. The zero-order valence-corrected chi connectivity index (χ0v) is 21.2. The first-order valence-electron chi connectivity index (χ1n) is 12.4. The van der Waals surface area contributed by atoms with E-state index < -0.39 is 52.5 Å². The maximum Gasteiger partial charge on any atom is 0.414 e. The molecule has 2 bridgehead atoms. The van der Waals surface area contributed by atoms with Crippen LogP contribution in [0.2, 0.25) is 0 Å². The SMILES string of the molecule is C=C[C@]1(C)C[C@@H](OC(=O)NC(=O)c2ccc(N)nn2)[C@]2(C)C(C)CC[C@]3(C[C@H](O)C(=O)C32)[C@@H](C)[C@@H]1O. The Labute approximate surface area is 210 Å². The van der Waals surface area contributed by atoms with Gasteiger partial charge in [-0.2, -0.15) is 0 Å². The Hall–Kier alpha value is -2.85. The van der Waals surface area contributed by atoms with Gasteiger partial charge in [-0.3, -0.25) is 14.9 Å². The lowest BCUT2D eigenvalue weighted by molar-refractivity contribution is -0.191. The van der Waals surface area contributed by atoms with E-state index >= 15 is 0 Å². The molecule has 1 heterocycles. The molecule has 9 atom stereocenters. The number of aliphatic hydroxyl groups is 2. The molecule has 10 heteroatoms. The summed E-state index contributed by atoms with van der Waals surface area (Å²) in [5.74, 6) is -1.88. The number of nitrogens with zero attached hydrogens (tertiary/aromatic N) is 2. The van der Waals surface area contributed by atoms with Crippen molar-refractivity contribution in [2.24, 2.45) is 34.0 Å². The second-order valence-electron chi connectivity index (χ2n) is 11.4. The third kappa shape index (κ3) is 3.82. The van der Waals surface area contributed by atoms with Gasteiger partial charge in [-0.05, 0) is 55.1 Å². The van der Waals surface area contributed by atoms with Crippen molar-refractivity contribution in [1.82, 2.24) is 15.5 Å². The highest BCUT2D eigenvalue weighted by Crippen LogP contribution is 2.67. The number of hydrogen-bond acceptors (Lipinski definition) is 9. The largest absolute Gasteiger partial charge is 0.445 e. The van der Waals surface area contributed by atoms with Gasteiger partial charge in [-0.15, -0.1) is 16.8 Å². The molecule has 4 rings (SSSR count). The van der Waals surface area contributed by atoms with E-state index in [1.807, 2.05) is 27.7 Å². The lowest BCUT2D eigenvalue weighted by Gasteiger charge is -2.61. The minimum atomic E-state index is -1.14. The highest BCUT2D eigenvalue weighted by atomic mass is 16.6. The predicted octanol–water partition coefficient (Wildman–Crippen LogP) is 2.26. The molecule has 5 N–H and O–H groups in total. The quantitative estimate of drug-likeness (QED) is 0.456. The number of carbonyl (C=O) groups is 3. The van der Waals surface area contributed by atoms with Gasteiger partial charge in [0.15, 0.2) is 11.5 Å². The molecule has 36 heavy (non-hydrogen) atoms. The summed E-state index contributed by atoms with van der Waals surface area (Å²) in [6.07, 6.45) is -0.301. The summed E-state index contributed by atoms with van der Waals surface area (Å²) in [4.78, 5) is 39.0. The standard InChI is InChI=1S/C26H36N4O6/c1-6-24(4)12-17(36-23(35)28-22(34)15-7-8-18(27)30-29-15)25(5)13(2)9-10-26(14(3)21(24)33)11-16(31)19(32)20(25)26/h6-8,13-14,16-17,20-21,31,33H,1,9-12H2,2-5H3,(H2,27,30)(H,28,34,35)/t13?,14-,16-,17+,20?,21-,24+,25-,26-/m0/s1. The highest BCUT2D eigenvalue weighted by Gasteiger charge is 2.70. The number of aliphatic hydroxyl groups excluding tert-OH is 2. The average molecular weight is 501 g/mol. The van der Waals surface area contributed by atoms with E-state index in [0.29, 0.717) is 6.42 Å². The average Bonchev–Trinajstić information content (AvgIpc) is 3.11. The zero-order chi connectivity index (χ0) is 26.6. The number of nitrogens with one attached hydrogen (secondary N) is 1. The molecule has 0 radical (unpaired) electrons. The summed E-state index contributed by atoms with van der Waals surface area (Å²) in [5, 5.41) is 31.8. The summed E-state index contributed by atoms with van der Waals surface area (Å²) in [6.45, 7) is 11.7. The third-order valence-electron chi connectivity index (χ3n) is 9.71. The van der Waals surface area contributed by atoms with Crippen LogP contribution in [0.15, 0.2) is 24.8 Å². The fraction of sp³-hybridized carbons (Fsp3) is 0.654. The van der Waals surface area contributed by atoms with Crippen molar-refractivity contribution in [1.29, 1.82) is 0 Å². The van der Waals surface area contributed by atoms with Crippen molar-refractivity contribution in [3.8, 4) is 0 Å². The molecular weight excluding hydrogens is 464 g/mol. The Morgan fingerprint density at radius 2 is 1.92 bits per heavy atom. The second kappa shape index (κ2) is 8.92. The number of aromatic nitrogens is 2. The van der Waals surface area contributed by atoms with Gasteiger partial charge in [0, 0.05) is 16.7 Å². The summed E-state index contributed by atoms with van der Waals surface area (Å²) in [5.41, 5.74) is 3.07. The van der Waals surface area contributed by atoms with Crippen LogP contribution in [0.1, 0.15) is 63.9 Å². The maximum absolute atomic E-state index is 13.5. The van der Waals surface area contributed by atoms with Crippen LogP contribution >= 0.6 is 0 Å². The van der Waals surface area contributed by atoms with Gasteiger partial charge in [-0.1, -0.05) is 33.8 Å². The van der Waals surface area contributed by atoms with E-state index in [1.165, 1.54) is 12.1 Å². The fourth-order valence-electron chi connectivity index (χ4n) is 7.26. The summed E-state index contributed by atoms with van der Waals surface area (Å²) < 4.78 is 5.93. The molecule has 0 saturated heterocycles. The normalized spacial score (nSPS) is 42.0. The van der Waals surface area contributed by atoms with Crippen LogP contribution in [0.5, 0.6) is 0 Å². The Morgan fingerprint density at radius 3 is 2.53 bits per heavy atom. The smallest absolute Gasteiger partial charge is 0.414 e. The van der Waals surface area contributed by atoms with E-state index in [1.54, 1.807) is 6.08 Å². The number of imide groups is 1. The van der Waals surface area contributed by atoms with E-state index in [4.69, 9.17) is 10.5 Å². The van der Waals surface area contributed by atoms with Crippen LogP contribution in [-0.4, -0.2) is 56.5 Å². The monoisotopic (exact) mass is 500 g/mol. The molecule has 3 fully saturated rings. The molecule has 0 aromatic carbocycles. The van der Waals surface area contributed by atoms with Crippen molar-refractivity contribution in [2.45, 2.75) is 71.7 Å². The number of ketones is 1. The van der Waals surface area contributed by atoms with Crippen molar-refractivity contribution < 1.29 is 29.3 Å². The molecule has 0 spiro atoms. The lowest BCUT2D eigenvalue weighted by Crippen LogP contribution is -2.63. The van der Waals surface area contributed by atoms with Gasteiger partial charge < -0.3 is 20.7 Å². The molecule has 2 unspecified atom stereocenters. The van der Waals surface area contributed by atoms with Gasteiger partial charge in [0.25, 0.3) is 5.91 Å². The second-order valence-corrected chi connectivity index (χ2v) is 11.4. The molecule has 2 amide bonds. The molecule has 3 aliphatic rings. The van der Waals surface area contributed by atoms with Crippen molar-refractivity contribution in [2.75, 3.05) is 5.73 Å². The number of alkyl carbamates (subject to hydrolysis) is 1. The maximum atomic E-state index is 13.5. The predicted molar refractivity (Wildman–Crippen MR) is 130 cm³/mol. The van der Waals surface area contributed by atoms with E-state index in [-0.39, 0.29) is 42.0 Å².